The molecule has 0 heterocycles. The van der Waals surface area contributed by atoms with Crippen molar-refractivity contribution in [2.24, 2.45) is 0 Å². The predicted octanol–water partition coefficient (Wildman–Crippen LogP) is 4.36. The van der Waals surface area contributed by atoms with E-state index >= 15 is 0 Å². The third-order valence-corrected chi connectivity index (χ3v) is 3.24. The molecule has 0 saturated heterocycles. The molecule has 1 heteroatoms. The summed E-state index contributed by atoms with van der Waals surface area (Å²) in [6, 6.07) is 21.0. The highest BCUT2D eigenvalue weighted by molar-refractivity contribution is 5.87. The Hall–Kier alpha value is -2.15. The molecule has 20 heavy (non-hydrogen) atoms. The first kappa shape index (κ1) is 14.3. The van der Waals surface area contributed by atoms with Gasteiger partial charge in [-0.3, -0.25) is 4.42 Å². The molecule has 2 aromatic rings. The van der Waals surface area contributed by atoms with Crippen LogP contribution in [0.15, 0.2) is 72.8 Å². The van der Waals surface area contributed by atoms with E-state index < -0.39 is 0 Å². The van der Waals surface area contributed by atoms with Gasteiger partial charge in [0.1, 0.15) is 0 Å². The van der Waals surface area contributed by atoms with Gasteiger partial charge in [0.2, 0.25) is 0 Å². The molecule has 0 N–H and O–H groups in total. The summed E-state index contributed by atoms with van der Waals surface area (Å²) in [5.74, 6) is 2.25. The topological polar surface area (TPSA) is 11.3 Å². The molecule has 0 bridgehead atoms. The van der Waals surface area contributed by atoms with E-state index in [0.29, 0.717) is 0 Å². The van der Waals surface area contributed by atoms with E-state index in [0.717, 1.165) is 12.2 Å². The molecular formula is C19H20O+. The molecule has 2 rings (SSSR count). The van der Waals surface area contributed by atoms with Crippen LogP contribution in [0.2, 0.25) is 0 Å². The van der Waals surface area contributed by atoms with Gasteiger partial charge in [-0.1, -0.05) is 66.7 Å². The summed E-state index contributed by atoms with van der Waals surface area (Å²) in [6.07, 6.45) is 5.05. The Morgan fingerprint density at radius 1 is 0.900 bits per heavy atom. The number of hydrogen-bond donors (Lipinski definition) is 0. The third kappa shape index (κ3) is 3.92. The Labute approximate surface area is 121 Å². The zero-order valence-electron chi connectivity index (χ0n) is 12.0. The normalized spacial score (nSPS) is 12.2. The lowest BCUT2D eigenvalue weighted by molar-refractivity contribution is -0.419. The minimum atomic E-state index is 0.884. The van der Waals surface area contributed by atoms with Gasteiger partial charge in [-0.15, -0.1) is 0 Å². The molecule has 0 aromatic heterocycles. The van der Waals surface area contributed by atoms with E-state index in [1.165, 1.54) is 17.0 Å². The second-order valence-corrected chi connectivity index (χ2v) is 4.63. The molecule has 2 aromatic carbocycles. The molecule has 0 aliphatic carbocycles. The largest absolute Gasteiger partial charge is 0.315 e. The molecule has 0 spiro atoms. The van der Waals surface area contributed by atoms with Crippen LogP contribution in [0.25, 0.3) is 0 Å². The first-order valence-corrected chi connectivity index (χ1v) is 6.82. The van der Waals surface area contributed by atoms with Crippen molar-refractivity contribution < 1.29 is 4.42 Å². The molecule has 0 fully saturated rings. The minimum absolute atomic E-state index is 0.884. The Morgan fingerprint density at radius 2 is 1.40 bits per heavy atom. The molecule has 0 atom stereocenters. The van der Waals surface area contributed by atoms with E-state index in [1.54, 1.807) is 7.11 Å². The number of benzene rings is 2. The Balaban J connectivity index is 2.24. The Kier molecular flexibility index (Phi) is 5.31. The summed E-state index contributed by atoms with van der Waals surface area (Å²) in [7, 11) is 1.69. The molecule has 101 valence electrons. The van der Waals surface area contributed by atoms with Gasteiger partial charge in [0.15, 0.2) is 0 Å². The first-order valence-electron chi connectivity index (χ1n) is 6.82. The zero-order valence-corrected chi connectivity index (χ0v) is 12.0. The monoisotopic (exact) mass is 264 g/mol. The second kappa shape index (κ2) is 7.44. The van der Waals surface area contributed by atoms with Crippen LogP contribution in [0.5, 0.6) is 0 Å². The Morgan fingerprint density at radius 3 is 1.85 bits per heavy atom. The van der Waals surface area contributed by atoms with Crippen LogP contribution >= 0.6 is 0 Å². The number of carbonyl (C=O) groups excluding carboxylic acids is 1. The van der Waals surface area contributed by atoms with Crippen LogP contribution in [0.3, 0.4) is 0 Å². The van der Waals surface area contributed by atoms with Gasteiger partial charge in [0.25, 0.3) is 7.11 Å². The van der Waals surface area contributed by atoms with Gasteiger partial charge < -0.3 is 0 Å². The minimum Gasteiger partial charge on any atom is -0.263 e. The maximum Gasteiger partial charge on any atom is 0.315 e. The van der Waals surface area contributed by atoms with E-state index in [4.69, 9.17) is 4.42 Å². The van der Waals surface area contributed by atoms with Crippen LogP contribution in [0, 0.1) is 5.92 Å². The van der Waals surface area contributed by atoms with Crippen molar-refractivity contribution in [1.82, 2.24) is 0 Å². The van der Waals surface area contributed by atoms with Crippen LogP contribution in [-0.2, 0) is 4.42 Å². The first-order chi connectivity index (χ1) is 9.81. The quantitative estimate of drug-likeness (QED) is 0.561. The van der Waals surface area contributed by atoms with Crippen molar-refractivity contribution in [2.75, 3.05) is 7.11 Å². The van der Waals surface area contributed by atoms with Crippen LogP contribution in [0.1, 0.15) is 24.5 Å². The van der Waals surface area contributed by atoms with Crippen LogP contribution < -0.4 is 0 Å². The average Bonchev–Trinajstić information content (AvgIpc) is 2.53. The summed E-state index contributed by atoms with van der Waals surface area (Å²) in [5.41, 5.74) is 2.52. The Bertz CT molecular complexity index is 528. The highest BCUT2D eigenvalue weighted by Crippen LogP contribution is 2.26. The molecule has 0 unspecified atom stereocenters. The van der Waals surface area contributed by atoms with Gasteiger partial charge in [0.05, 0.1) is 6.92 Å². The number of hydrogen-bond acceptors (Lipinski definition) is 0. The summed E-state index contributed by atoms with van der Waals surface area (Å²) in [5, 5.41) is 0. The van der Waals surface area contributed by atoms with Gasteiger partial charge in [-0.05, 0) is 17.5 Å². The summed E-state index contributed by atoms with van der Waals surface area (Å²) in [4.78, 5) is 0. The maximum atomic E-state index is 5.16. The lowest BCUT2D eigenvalue weighted by Crippen LogP contribution is -2.01. The number of allylic oxidation sites excluding steroid dienone is 2. The standard InChI is InChI=1S/C19H20O/c1-16(20-2)10-9-15-19(17-11-5-3-6-12-17)18-13-7-4-8-14-18/h3-14H,15H2,1-2H3/q+1/b10-9+. The molecular weight excluding hydrogens is 244 g/mol. The van der Waals surface area contributed by atoms with Crippen molar-refractivity contribution in [3.8, 4) is 0 Å². The number of ketones is 1. The van der Waals surface area contributed by atoms with Crippen molar-refractivity contribution in [1.29, 1.82) is 0 Å². The smallest absolute Gasteiger partial charge is 0.263 e. The zero-order chi connectivity index (χ0) is 14.2. The highest BCUT2D eigenvalue weighted by atomic mass is 16.4. The molecule has 1 radical (unpaired) electrons. The molecule has 0 aliphatic rings. The SMILES string of the molecule is C[O+]=C(C)/C=C/C[C](c1ccccc1)c1ccccc1. The third-order valence-electron chi connectivity index (χ3n) is 3.24. The lowest BCUT2D eigenvalue weighted by atomic mass is 9.88. The van der Waals surface area contributed by atoms with Gasteiger partial charge in [-0.25, -0.2) is 0 Å². The van der Waals surface area contributed by atoms with Crippen molar-refractivity contribution >= 4 is 5.78 Å². The predicted molar refractivity (Wildman–Crippen MR) is 84.7 cm³/mol. The second-order valence-electron chi connectivity index (χ2n) is 4.63. The van der Waals surface area contributed by atoms with Crippen LogP contribution in [-0.4, -0.2) is 12.9 Å². The maximum absolute atomic E-state index is 5.16. The average molecular weight is 264 g/mol. The summed E-state index contributed by atoms with van der Waals surface area (Å²) >= 11 is 0. The fourth-order valence-corrected chi connectivity index (χ4v) is 2.09. The molecule has 0 amide bonds. The lowest BCUT2D eigenvalue weighted by Gasteiger charge is -2.15. The fraction of sp³-hybridized carbons (Fsp3) is 0.158. The molecule has 1 nitrogen and oxygen atoms in total. The van der Waals surface area contributed by atoms with Gasteiger partial charge in [-0.2, -0.15) is 0 Å². The van der Waals surface area contributed by atoms with E-state index in [2.05, 4.69) is 54.6 Å². The van der Waals surface area contributed by atoms with Crippen molar-refractivity contribution in [3.63, 3.8) is 0 Å². The van der Waals surface area contributed by atoms with E-state index in [9.17, 15) is 0 Å². The van der Waals surface area contributed by atoms with Crippen molar-refractivity contribution in [2.45, 2.75) is 13.3 Å². The summed E-state index contributed by atoms with van der Waals surface area (Å²) < 4.78 is 5.16. The fourth-order valence-electron chi connectivity index (χ4n) is 2.09. The van der Waals surface area contributed by atoms with Gasteiger partial charge in [0, 0.05) is 12.0 Å². The van der Waals surface area contributed by atoms with Crippen molar-refractivity contribution in [3.05, 3.63) is 89.9 Å². The van der Waals surface area contributed by atoms with E-state index in [1.807, 2.05) is 25.1 Å². The molecule has 0 aliphatic heterocycles. The van der Waals surface area contributed by atoms with Crippen LogP contribution in [0.4, 0.5) is 0 Å². The van der Waals surface area contributed by atoms with E-state index in [-0.39, 0.29) is 0 Å². The summed E-state index contributed by atoms with van der Waals surface area (Å²) in [6.45, 7) is 1.96. The van der Waals surface area contributed by atoms with Gasteiger partial charge >= 0.3 is 5.78 Å². The highest BCUT2D eigenvalue weighted by Gasteiger charge is 2.13. The molecule has 0 saturated carbocycles. The number of rotatable bonds is 5.